The summed E-state index contributed by atoms with van der Waals surface area (Å²) in [6.45, 7) is 2.27. The lowest BCUT2D eigenvalue weighted by molar-refractivity contribution is 0.0522. The van der Waals surface area contributed by atoms with E-state index in [2.05, 4.69) is 28.1 Å². The summed E-state index contributed by atoms with van der Waals surface area (Å²) in [5.41, 5.74) is 2.82. The van der Waals surface area contributed by atoms with Crippen molar-refractivity contribution in [2.45, 2.75) is 50.0 Å². The molecule has 0 radical (unpaired) electrons. The molecule has 1 aliphatic carbocycles. The van der Waals surface area contributed by atoms with Crippen LogP contribution in [0, 0.1) is 0 Å². The summed E-state index contributed by atoms with van der Waals surface area (Å²) in [5, 5.41) is 9.88. The van der Waals surface area contributed by atoms with E-state index in [0.29, 0.717) is 11.8 Å². The smallest absolute Gasteiger partial charge is 0.115 e. The number of benzene rings is 1. The minimum atomic E-state index is 0.281. The van der Waals surface area contributed by atoms with E-state index in [-0.39, 0.29) is 5.41 Å². The average Bonchev–Trinajstić information content (AvgIpc) is 2.62. The third-order valence-electron chi connectivity index (χ3n) is 6.05. The minimum absolute atomic E-state index is 0.281. The number of hydrogen-bond donors (Lipinski definition) is 1. The second kappa shape index (κ2) is 6.56. The first-order chi connectivity index (χ1) is 11.8. The molecule has 2 aromatic rings. The lowest BCUT2D eigenvalue weighted by Gasteiger charge is -2.51. The molecule has 1 aliphatic heterocycles. The Balaban J connectivity index is 1.46. The summed E-state index contributed by atoms with van der Waals surface area (Å²) in [6.07, 6.45) is 9.23. The van der Waals surface area contributed by atoms with Gasteiger partial charge in [-0.1, -0.05) is 24.6 Å². The van der Waals surface area contributed by atoms with Crippen LogP contribution in [0.2, 0.25) is 0 Å². The molecule has 0 spiro atoms. The van der Waals surface area contributed by atoms with Crippen molar-refractivity contribution >= 4 is 0 Å². The SMILES string of the molecule is Oc1cccc([C@@]23CCC[C@@H](C2)N(CCc2ccccn2)CC3)c1. The van der Waals surface area contributed by atoms with Crippen molar-refractivity contribution in [1.82, 2.24) is 9.88 Å². The molecule has 2 bridgehead atoms. The van der Waals surface area contributed by atoms with Gasteiger partial charge in [-0.2, -0.15) is 0 Å². The van der Waals surface area contributed by atoms with Crippen LogP contribution in [-0.2, 0) is 11.8 Å². The van der Waals surface area contributed by atoms with E-state index in [0.717, 1.165) is 19.5 Å². The zero-order chi connectivity index (χ0) is 16.4. The van der Waals surface area contributed by atoms with Gasteiger partial charge < -0.3 is 5.11 Å². The van der Waals surface area contributed by atoms with Crippen LogP contribution in [0.4, 0.5) is 0 Å². The van der Waals surface area contributed by atoms with Crippen LogP contribution in [0.15, 0.2) is 48.7 Å². The predicted octanol–water partition coefficient (Wildman–Crippen LogP) is 3.92. The zero-order valence-electron chi connectivity index (χ0n) is 14.2. The summed E-state index contributed by atoms with van der Waals surface area (Å²) >= 11 is 0. The van der Waals surface area contributed by atoms with Crippen LogP contribution in [0.1, 0.15) is 43.4 Å². The number of aromatic hydroxyl groups is 1. The van der Waals surface area contributed by atoms with Gasteiger partial charge in [0.15, 0.2) is 0 Å². The molecule has 3 heteroatoms. The normalized spacial score (nSPS) is 27.1. The van der Waals surface area contributed by atoms with Crippen molar-refractivity contribution in [3.05, 3.63) is 59.9 Å². The molecular weight excluding hydrogens is 296 g/mol. The molecule has 1 saturated heterocycles. The van der Waals surface area contributed by atoms with Gasteiger partial charge >= 0.3 is 0 Å². The second-order valence-electron chi connectivity index (χ2n) is 7.44. The number of nitrogens with zero attached hydrogens (tertiary/aromatic N) is 2. The fourth-order valence-corrected chi connectivity index (χ4v) is 4.75. The maximum Gasteiger partial charge on any atom is 0.115 e. The van der Waals surface area contributed by atoms with Gasteiger partial charge in [0, 0.05) is 30.9 Å². The molecule has 1 saturated carbocycles. The van der Waals surface area contributed by atoms with Gasteiger partial charge in [-0.15, -0.1) is 0 Å². The van der Waals surface area contributed by atoms with Crippen LogP contribution < -0.4 is 0 Å². The minimum Gasteiger partial charge on any atom is -0.508 e. The third-order valence-corrected chi connectivity index (χ3v) is 6.05. The highest BCUT2D eigenvalue weighted by Crippen LogP contribution is 2.47. The van der Waals surface area contributed by atoms with Crippen molar-refractivity contribution < 1.29 is 5.11 Å². The van der Waals surface area contributed by atoms with Gasteiger partial charge in [-0.3, -0.25) is 9.88 Å². The predicted molar refractivity (Wildman–Crippen MR) is 96.2 cm³/mol. The molecule has 2 fully saturated rings. The fraction of sp³-hybridized carbons (Fsp3) is 0.476. The summed E-state index contributed by atoms with van der Waals surface area (Å²) < 4.78 is 0. The zero-order valence-corrected chi connectivity index (χ0v) is 14.2. The highest BCUT2D eigenvalue weighted by molar-refractivity contribution is 5.34. The topological polar surface area (TPSA) is 36.4 Å². The standard InChI is InChI=1S/C21H26N2O/c24-20-8-3-5-17(15-20)21-10-4-7-19(16-21)23(14-11-21)13-9-18-6-1-2-12-22-18/h1-3,5-6,8,12,15,19,24H,4,7,9-11,13-14,16H2/t19-,21+/m0/s1. The molecule has 0 unspecified atom stereocenters. The van der Waals surface area contributed by atoms with Crippen molar-refractivity contribution in [2.75, 3.05) is 13.1 Å². The van der Waals surface area contributed by atoms with Gasteiger partial charge in [0.25, 0.3) is 0 Å². The average molecular weight is 322 g/mol. The molecule has 3 nitrogen and oxygen atoms in total. The Labute approximate surface area is 144 Å². The summed E-state index contributed by atoms with van der Waals surface area (Å²) in [5.74, 6) is 0.404. The van der Waals surface area contributed by atoms with E-state index < -0.39 is 0 Å². The van der Waals surface area contributed by atoms with Gasteiger partial charge in [0.1, 0.15) is 5.75 Å². The van der Waals surface area contributed by atoms with Crippen molar-refractivity contribution in [2.24, 2.45) is 0 Å². The third kappa shape index (κ3) is 3.05. The second-order valence-corrected chi connectivity index (χ2v) is 7.44. The van der Waals surface area contributed by atoms with Gasteiger partial charge in [0.05, 0.1) is 0 Å². The molecule has 1 N–H and O–H groups in total. The number of rotatable bonds is 4. The van der Waals surface area contributed by atoms with Gasteiger partial charge in [-0.05, 0) is 67.5 Å². The molecule has 1 aromatic heterocycles. The Morgan fingerprint density at radius 2 is 2.12 bits per heavy atom. The Morgan fingerprint density at radius 3 is 2.96 bits per heavy atom. The highest BCUT2D eigenvalue weighted by Gasteiger charge is 2.43. The number of pyridine rings is 1. The Bertz CT molecular complexity index is 687. The Hall–Kier alpha value is -1.87. The monoisotopic (exact) mass is 322 g/mol. The van der Waals surface area contributed by atoms with Crippen LogP contribution in [-0.4, -0.2) is 34.1 Å². The molecule has 4 rings (SSSR count). The van der Waals surface area contributed by atoms with E-state index >= 15 is 0 Å². The molecular formula is C21H26N2O. The van der Waals surface area contributed by atoms with Crippen molar-refractivity contribution in [3.8, 4) is 5.75 Å². The molecule has 126 valence electrons. The number of aromatic nitrogens is 1. The maximum absolute atomic E-state index is 9.88. The molecule has 2 aliphatic rings. The first-order valence-electron chi connectivity index (χ1n) is 9.19. The summed E-state index contributed by atoms with van der Waals surface area (Å²) in [6, 6.07) is 14.8. The first kappa shape index (κ1) is 15.6. The van der Waals surface area contributed by atoms with Crippen LogP contribution in [0.3, 0.4) is 0 Å². The van der Waals surface area contributed by atoms with Crippen LogP contribution in [0.25, 0.3) is 0 Å². The molecule has 2 atom stereocenters. The fourth-order valence-electron chi connectivity index (χ4n) is 4.75. The largest absolute Gasteiger partial charge is 0.508 e. The van der Waals surface area contributed by atoms with E-state index in [4.69, 9.17) is 0 Å². The molecule has 1 aromatic carbocycles. The highest BCUT2D eigenvalue weighted by atomic mass is 16.3. The number of likely N-dealkylation sites (tertiary alicyclic amines) is 1. The number of hydrogen-bond acceptors (Lipinski definition) is 3. The summed E-state index contributed by atoms with van der Waals surface area (Å²) in [7, 11) is 0. The van der Waals surface area contributed by atoms with E-state index in [1.807, 2.05) is 24.4 Å². The maximum atomic E-state index is 9.88. The van der Waals surface area contributed by atoms with Crippen LogP contribution in [0.5, 0.6) is 5.75 Å². The summed E-state index contributed by atoms with van der Waals surface area (Å²) in [4.78, 5) is 7.13. The number of fused-ring (bicyclic) bond motifs is 2. The quantitative estimate of drug-likeness (QED) is 0.927. The number of phenolic OH excluding ortho intramolecular Hbond substituents is 1. The van der Waals surface area contributed by atoms with Crippen molar-refractivity contribution in [3.63, 3.8) is 0 Å². The van der Waals surface area contributed by atoms with Gasteiger partial charge in [-0.25, -0.2) is 0 Å². The molecule has 2 heterocycles. The van der Waals surface area contributed by atoms with E-state index in [1.54, 1.807) is 6.07 Å². The Morgan fingerprint density at radius 1 is 1.17 bits per heavy atom. The Kier molecular flexibility index (Phi) is 4.28. The lowest BCUT2D eigenvalue weighted by atomic mass is 9.63. The molecule has 24 heavy (non-hydrogen) atoms. The van der Waals surface area contributed by atoms with Crippen LogP contribution >= 0.6 is 0 Å². The van der Waals surface area contributed by atoms with Crippen molar-refractivity contribution in [1.29, 1.82) is 0 Å². The van der Waals surface area contributed by atoms with Gasteiger partial charge in [0.2, 0.25) is 0 Å². The number of piperidine rings is 1. The number of phenols is 1. The van der Waals surface area contributed by atoms with E-state index in [1.165, 1.54) is 43.4 Å². The first-order valence-corrected chi connectivity index (χ1v) is 9.19. The van der Waals surface area contributed by atoms with E-state index in [9.17, 15) is 5.11 Å². The molecule has 0 amide bonds. The lowest BCUT2D eigenvalue weighted by Crippen LogP contribution is -2.52.